The van der Waals surface area contributed by atoms with E-state index in [1.807, 2.05) is 0 Å². The Morgan fingerprint density at radius 1 is 0.500 bits per heavy atom. The Labute approximate surface area is 148 Å². The molecule has 0 heterocycles. The van der Waals surface area contributed by atoms with Crippen molar-refractivity contribution in [1.29, 1.82) is 0 Å². The molecule has 0 aromatic rings. The summed E-state index contributed by atoms with van der Waals surface area (Å²) in [6, 6.07) is 0. The minimum Gasteiger partial charge on any atom is -0.0971 e. The van der Waals surface area contributed by atoms with Crippen molar-refractivity contribution < 1.29 is 0 Å². The Morgan fingerprint density at radius 3 is 0.688 bits per heavy atom. The fraction of sp³-hybridized carbons (Fsp3) is 0.800. The van der Waals surface area contributed by atoms with Crippen LogP contribution in [-0.2, 0) is 0 Å². The van der Waals surface area contributed by atoms with Crippen LogP contribution in [0.5, 0.6) is 0 Å². The molecule has 1 radical (unpaired) electrons. The van der Waals surface area contributed by atoms with Gasteiger partial charge in [0.15, 0.2) is 4.84 Å². The molecule has 0 saturated heterocycles. The van der Waals surface area contributed by atoms with Crippen LogP contribution in [0, 0.1) is 10.3 Å². The van der Waals surface area contributed by atoms with Crippen LogP contribution >= 0.6 is 128 Å². The molecular weight excluding hydrogens is 450 g/mol. The van der Waals surface area contributed by atoms with Gasteiger partial charge in [-0.25, -0.2) is 0 Å². The summed E-state index contributed by atoms with van der Waals surface area (Å²) >= 11 is 62.0. The Balaban J connectivity index is 6.05. The van der Waals surface area contributed by atoms with Crippen molar-refractivity contribution in [1.82, 2.24) is 0 Å². The predicted octanol–water partition coefficient (Wildman–Crippen LogP) is 7.05. The number of hydrogen-bond acceptors (Lipinski definition) is 0. The van der Waals surface area contributed by atoms with Crippen LogP contribution in [0.3, 0.4) is 0 Å². The van der Waals surface area contributed by atoms with Gasteiger partial charge in [0.25, 0.3) is 0 Å². The van der Waals surface area contributed by atoms with Crippen molar-refractivity contribution >= 4 is 128 Å². The molecule has 0 aliphatic carbocycles. The van der Waals surface area contributed by atoms with Crippen LogP contribution in [0.15, 0.2) is 0 Å². The smallest absolute Gasteiger partial charge is 0.0971 e. The van der Waals surface area contributed by atoms with Crippen LogP contribution in [0.2, 0.25) is 0 Å². The maximum absolute atomic E-state index is 5.65. The second-order valence-electron chi connectivity index (χ2n) is 2.50. The van der Waals surface area contributed by atoms with Gasteiger partial charge >= 0.3 is 0 Å². The average Bonchev–Trinajstić information content (AvgIpc) is 1.71. The van der Waals surface area contributed by atoms with Crippen LogP contribution in [0.4, 0.5) is 0 Å². The molecule has 97 valence electrons. The molecule has 0 aliphatic heterocycles. The Hall–Kier alpha value is 3.19. The van der Waals surface area contributed by atoms with Crippen LogP contribution in [0.1, 0.15) is 0 Å². The summed E-state index contributed by atoms with van der Waals surface area (Å²) in [5.74, 6) is 0. The van der Waals surface area contributed by atoms with Crippen molar-refractivity contribution in [3.63, 3.8) is 0 Å². The molecule has 0 saturated carbocycles. The van der Waals surface area contributed by atoms with Gasteiger partial charge in [-0.05, 0) is 0 Å². The van der Waals surface area contributed by atoms with E-state index in [0.29, 0.717) is 0 Å². The number of rotatable bonds is 1. The van der Waals surface area contributed by atoms with Gasteiger partial charge in [-0.2, -0.15) is 0 Å². The van der Waals surface area contributed by atoms with E-state index in [2.05, 4.69) is 0 Å². The lowest BCUT2D eigenvalue weighted by atomic mass is 9.96. The predicted molar refractivity (Wildman–Crippen MR) is 78.3 cm³/mol. The first-order valence-electron chi connectivity index (χ1n) is 3.08. The van der Waals surface area contributed by atoms with E-state index in [0.717, 1.165) is 0 Å². The standard InChI is InChI=1S/C5Cl11/c6-1(7)2(3(8,9)10,4(11,12)13)5(14,15)16. The van der Waals surface area contributed by atoms with Gasteiger partial charge in [0, 0.05) is 0 Å². The zero-order chi connectivity index (χ0) is 13.6. The van der Waals surface area contributed by atoms with E-state index < -0.39 is 21.6 Å². The molecule has 0 unspecified atom stereocenters. The van der Waals surface area contributed by atoms with Crippen LogP contribution < -0.4 is 0 Å². The fourth-order valence-corrected chi connectivity index (χ4v) is 7.23. The van der Waals surface area contributed by atoms with E-state index >= 15 is 0 Å². The maximum atomic E-state index is 5.65. The highest BCUT2D eigenvalue weighted by atomic mass is 35.6. The fourth-order valence-electron chi connectivity index (χ4n) is 0.804. The Kier molecular flexibility index (Phi) is 7.07. The molecule has 0 spiro atoms. The van der Waals surface area contributed by atoms with Gasteiger partial charge in [0.2, 0.25) is 11.4 Å². The van der Waals surface area contributed by atoms with Crippen molar-refractivity contribution in [2.45, 2.75) is 11.4 Å². The molecule has 0 aliphatic rings. The summed E-state index contributed by atoms with van der Waals surface area (Å²) in [7, 11) is 0. The van der Waals surface area contributed by atoms with Gasteiger partial charge in [0.05, 0.1) is 0 Å². The molecule has 0 fully saturated rings. The quantitative estimate of drug-likeness (QED) is 0.376. The minimum atomic E-state index is -2.37. The molecular formula is C5Cl11. The summed E-state index contributed by atoms with van der Waals surface area (Å²) in [5, 5.41) is 0. The average molecular weight is 450 g/mol. The molecule has 16 heavy (non-hydrogen) atoms. The third-order valence-electron chi connectivity index (χ3n) is 1.56. The third-order valence-corrected chi connectivity index (χ3v) is 4.68. The van der Waals surface area contributed by atoms with E-state index in [9.17, 15) is 0 Å². The molecule has 0 amide bonds. The molecule has 0 rings (SSSR count). The van der Waals surface area contributed by atoms with E-state index in [-0.39, 0.29) is 0 Å². The maximum Gasteiger partial charge on any atom is 0.207 e. The molecule has 0 aromatic carbocycles. The highest BCUT2D eigenvalue weighted by Crippen LogP contribution is 2.72. The van der Waals surface area contributed by atoms with Crippen molar-refractivity contribution in [3.8, 4) is 0 Å². The summed E-state index contributed by atoms with van der Waals surface area (Å²) in [5.41, 5.74) is -2.35. The molecule has 0 atom stereocenters. The Bertz CT molecular complexity index is 203. The monoisotopic (exact) mass is 445 g/mol. The highest BCUT2D eigenvalue weighted by molar-refractivity contribution is 6.80. The van der Waals surface area contributed by atoms with E-state index in [1.165, 1.54) is 0 Å². The van der Waals surface area contributed by atoms with Gasteiger partial charge in [-0.1, -0.05) is 128 Å². The summed E-state index contributed by atoms with van der Waals surface area (Å²) in [6.07, 6.45) is 0. The molecule has 0 aromatic heterocycles. The minimum absolute atomic E-state index is 0.687. The topological polar surface area (TPSA) is 0 Å². The molecule has 0 nitrogen and oxygen atoms in total. The zero-order valence-corrected chi connectivity index (χ0v) is 15.0. The molecule has 0 N–H and O–H groups in total. The van der Waals surface area contributed by atoms with E-state index in [4.69, 9.17) is 128 Å². The highest BCUT2D eigenvalue weighted by Gasteiger charge is 2.74. The van der Waals surface area contributed by atoms with Crippen LogP contribution in [-0.4, -0.2) is 11.4 Å². The van der Waals surface area contributed by atoms with Crippen molar-refractivity contribution in [2.75, 3.05) is 0 Å². The number of alkyl halides is 9. The normalized spacial score (nSPS) is 15.8. The van der Waals surface area contributed by atoms with Gasteiger partial charge in [0.1, 0.15) is 5.41 Å². The summed E-state index contributed by atoms with van der Waals surface area (Å²) in [6.45, 7) is 0. The van der Waals surface area contributed by atoms with Crippen molar-refractivity contribution in [2.24, 2.45) is 5.41 Å². The lowest BCUT2D eigenvalue weighted by Gasteiger charge is -2.48. The molecule has 0 bridgehead atoms. The second kappa shape index (κ2) is 5.90. The van der Waals surface area contributed by atoms with Crippen LogP contribution in [0.25, 0.3) is 0 Å². The van der Waals surface area contributed by atoms with Gasteiger partial charge in [-0.15, -0.1) is 0 Å². The largest absolute Gasteiger partial charge is 0.207 e. The summed E-state index contributed by atoms with van der Waals surface area (Å²) < 4.78 is -7.12. The lowest BCUT2D eigenvalue weighted by molar-refractivity contribution is 0.376. The third kappa shape index (κ3) is 3.44. The number of hydrogen-bond donors (Lipinski definition) is 0. The first-order valence-corrected chi connectivity index (χ1v) is 7.24. The van der Waals surface area contributed by atoms with E-state index in [1.54, 1.807) is 0 Å². The zero-order valence-electron chi connectivity index (χ0n) is 6.66. The molecule has 11 heteroatoms. The summed E-state index contributed by atoms with van der Waals surface area (Å²) in [4.78, 5) is -0.687. The first-order chi connectivity index (χ1) is 6.69. The lowest BCUT2D eigenvalue weighted by Crippen LogP contribution is -2.57. The number of halogens is 11. The van der Waals surface area contributed by atoms with Crippen molar-refractivity contribution in [3.05, 3.63) is 4.84 Å². The Morgan fingerprint density at radius 2 is 0.688 bits per heavy atom. The van der Waals surface area contributed by atoms with Gasteiger partial charge in [-0.3, -0.25) is 0 Å². The first kappa shape index (κ1) is 19.2. The SMILES string of the molecule is Cl[C](Cl)C(C(Cl)(Cl)Cl)(C(Cl)(Cl)Cl)C(Cl)(Cl)Cl. The van der Waals surface area contributed by atoms with Gasteiger partial charge < -0.3 is 0 Å². The second-order valence-corrected chi connectivity index (χ2v) is 10.3.